The van der Waals surface area contributed by atoms with Crippen LogP contribution in [-0.2, 0) is 18.4 Å². The molecule has 3 aliphatic rings. The molecule has 1 aliphatic heterocycles. The third-order valence-corrected chi connectivity index (χ3v) is 7.95. The Labute approximate surface area is 178 Å². The number of hydrogen-bond acceptors (Lipinski definition) is 4. The second kappa shape index (κ2) is 7.38. The molecular weight excluding hydrogens is 374 g/mol. The van der Waals surface area contributed by atoms with E-state index in [-0.39, 0.29) is 16.0 Å². The molecule has 30 heavy (non-hydrogen) atoms. The molecule has 0 spiro atoms. The van der Waals surface area contributed by atoms with E-state index in [1.165, 1.54) is 30.5 Å². The quantitative estimate of drug-likeness (QED) is 0.534. The summed E-state index contributed by atoms with van der Waals surface area (Å²) in [5.74, 6) is 1.43. The Kier molecular flexibility index (Phi) is 4.81. The number of nitro benzene ring substituents is 1. The molecule has 2 aromatic rings. The van der Waals surface area contributed by atoms with Gasteiger partial charge >= 0.3 is 0 Å². The maximum atomic E-state index is 11.9. The standard InChI is InChI=1S/C25H31N3O2/c1-17-23-12-20-13-24(28(29)30)22(26-15-18-6-4-3-5-7-18)14-21(20)25(17,2)10-11-27(23)16-19-8-9-19/h3-7,13-14,17,19,23,26H,8-12,15-16H2,1-2H3. The molecule has 3 atom stereocenters. The Morgan fingerprint density at radius 1 is 1.23 bits per heavy atom. The molecule has 2 aromatic carbocycles. The Balaban J connectivity index is 1.48. The van der Waals surface area contributed by atoms with Crippen LogP contribution in [0.3, 0.4) is 0 Å². The first-order valence-corrected chi connectivity index (χ1v) is 11.3. The molecular formula is C25H31N3O2. The SMILES string of the molecule is CC1C2Cc3cc([N+](=O)[O-])c(NCc4ccccc4)cc3C1(C)CCN2CC1CC1. The Hall–Kier alpha value is -2.40. The lowest BCUT2D eigenvalue weighted by molar-refractivity contribution is -0.384. The lowest BCUT2D eigenvalue weighted by atomic mass is 9.59. The highest BCUT2D eigenvalue weighted by atomic mass is 16.6. The van der Waals surface area contributed by atoms with E-state index >= 15 is 0 Å². The van der Waals surface area contributed by atoms with Crippen molar-refractivity contribution in [3.63, 3.8) is 0 Å². The Bertz CT molecular complexity index is 956. The molecule has 2 fully saturated rings. The van der Waals surface area contributed by atoms with Crippen LogP contribution in [0.15, 0.2) is 42.5 Å². The largest absolute Gasteiger partial charge is 0.375 e. The second-order valence-electron chi connectivity index (χ2n) is 9.79. The number of hydrogen-bond donors (Lipinski definition) is 1. The van der Waals surface area contributed by atoms with Gasteiger partial charge in [0, 0.05) is 25.2 Å². The fourth-order valence-corrected chi connectivity index (χ4v) is 5.70. The summed E-state index contributed by atoms with van der Waals surface area (Å²) in [5.41, 5.74) is 4.55. The first kappa shape index (κ1) is 19.6. The van der Waals surface area contributed by atoms with E-state index in [9.17, 15) is 10.1 Å². The maximum Gasteiger partial charge on any atom is 0.292 e. The van der Waals surface area contributed by atoms with Crippen molar-refractivity contribution in [3.05, 3.63) is 69.3 Å². The lowest BCUT2D eigenvalue weighted by Gasteiger charge is -2.54. The number of piperidine rings is 1. The molecule has 0 aromatic heterocycles. The van der Waals surface area contributed by atoms with Gasteiger partial charge in [-0.3, -0.25) is 15.0 Å². The number of fused-ring (bicyclic) bond motifs is 4. The number of anilines is 1. The number of likely N-dealkylation sites (tertiary alicyclic amines) is 1. The van der Waals surface area contributed by atoms with E-state index in [1.54, 1.807) is 0 Å². The van der Waals surface area contributed by atoms with Gasteiger partial charge in [0.15, 0.2) is 0 Å². The van der Waals surface area contributed by atoms with Crippen LogP contribution in [0.1, 0.15) is 49.8 Å². The van der Waals surface area contributed by atoms with Gasteiger partial charge in [-0.05, 0) is 72.2 Å². The minimum Gasteiger partial charge on any atom is -0.375 e. The average molecular weight is 406 g/mol. The van der Waals surface area contributed by atoms with Crippen molar-refractivity contribution in [2.24, 2.45) is 11.8 Å². The molecule has 1 saturated heterocycles. The van der Waals surface area contributed by atoms with E-state index < -0.39 is 0 Å². The summed E-state index contributed by atoms with van der Waals surface area (Å²) in [7, 11) is 0. The first-order valence-electron chi connectivity index (χ1n) is 11.3. The van der Waals surface area contributed by atoms with Crippen LogP contribution in [0.4, 0.5) is 11.4 Å². The van der Waals surface area contributed by atoms with Crippen LogP contribution >= 0.6 is 0 Å². The topological polar surface area (TPSA) is 58.4 Å². The van der Waals surface area contributed by atoms with Gasteiger partial charge in [0.25, 0.3) is 5.69 Å². The molecule has 3 unspecified atom stereocenters. The van der Waals surface area contributed by atoms with Crippen LogP contribution in [0, 0.1) is 22.0 Å². The van der Waals surface area contributed by atoms with Crippen LogP contribution in [0.2, 0.25) is 0 Å². The summed E-state index contributed by atoms with van der Waals surface area (Å²) in [6.07, 6.45) is 4.79. The van der Waals surface area contributed by atoms with E-state index in [1.807, 2.05) is 36.4 Å². The van der Waals surface area contributed by atoms with Gasteiger partial charge in [0.1, 0.15) is 5.69 Å². The highest BCUT2D eigenvalue weighted by Gasteiger charge is 2.49. The average Bonchev–Trinajstić information content (AvgIpc) is 3.56. The minimum absolute atomic E-state index is 0.0800. The predicted octanol–water partition coefficient (Wildman–Crippen LogP) is 5.14. The Morgan fingerprint density at radius 3 is 2.70 bits per heavy atom. The summed E-state index contributed by atoms with van der Waals surface area (Å²) in [5, 5.41) is 15.2. The maximum absolute atomic E-state index is 11.9. The molecule has 0 amide bonds. The third kappa shape index (κ3) is 3.39. The molecule has 158 valence electrons. The molecule has 5 rings (SSSR count). The zero-order valence-corrected chi connectivity index (χ0v) is 17.9. The molecule has 1 saturated carbocycles. The summed E-state index contributed by atoms with van der Waals surface area (Å²) < 4.78 is 0. The van der Waals surface area contributed by atoms with Gasteiger partial charge in [-0.1, -0.05) is 44.2 Å². The van der Waals surface area contributed by atoms with Gasteiger partial charge in [0.05, 0.1) is 4.92 Å². The fourth-order valence-electron chi connectivity index (χ4n) is 5.70. The van der Waals surface area contributed by atoms with E-state index in [0.717, 1.165) is 30.9 Å². The fraction of sp³-hybridized carbons (Fsp3) is 0.520. The summed E-state index contributed by atoms with van der Waals surface area (Å²) in [4.78, 5) is 14.3. The molecule has 5 nitrogen and oxygen atoms in total. The van der Waals surface area contributed by atoms with Gasteiger partial charge < -0.3 is 5.32 Å². The Morgan fingerprint density at radius 2 is 2.00 bits per heavy atom. The van der Waals surface area contributed by atoms with Crippen molar-refractivity contribution in [2.75, 3.05) is 18.4 Å². The van der Waals surface area contributed by atoms with Crippen molar-refractivity contribution in [2.45, 2.75) is 57.5 Å². The highest BCUT2D eigenvalue weighted by molar-refractivity contribution is 5.66. The molecule has 2 bridgehead atoms. The molecule has 5 heteroatoms. The molecule has 0 radical (unpaired) electrons. The number of nitro groups is 1. The number of nitrogens with zero attached hydrogens (tertiary/aromatic N) is 2. The van der Waals surface area contributed by atoms with Gasteiger partial charge in [-0.25, -0.2) is 0 Å². The van der Waals surface area contributed by atoms with Gasteiger partial charge in [-0.2, -0.15) is 0 Å². The van der Waals surface area contributed by atoms with Crippen LogP contribution in [0.5, 0.6) is 0 Å². The molecule has 1 N–H and O–H groups in total. The van der Waals surface area contributed by atoms with E-state index in [0.29, 0.717) is 24.2 Å². The van der Waals surface area contributed by atoms with E-state index in [4.69, 9.17) is 0 Å². The minimum atomic E-state index is -0.230. The molecule has 1 heterocycles. The predicted molar refractivity (Wildman–Crippen MR) is 120 cm³/mol. The van der Waals surface area contributed by atoms with Crippen molar-refractivity contribution in [3.8, 4) is 0 Å². The van der Waals surface area contributed by atoms with Crippen LogP contribution < -0.4 is 5.32 Å². The summed E-state index contributed by atoms with van der Waals surface area (Å²) in [6, 6.07) is 14.5. The highest BCUT2D eigenvalue weighted by Crippen LogP contribution is 2.51. The van der Waals surface area contributed by atoms with Crippen molar-refractivity contribution in [1.82, 2.24) is 4.90 Å². The monoisotopic (exact) mass is 405 g/mol. The van der Waals surface area contributed by atoms with Crippen molar-refractivity contribution >= 4 is 11.4 Å². The van der Waals surface area contributed by atoms with Crippen LogP contribution in [-0.4, -0.2) is 29.0 Å². The van der Waals surface area contributed by atoms with Crippen molar-refractivity contribution < 1.29 is 4.92 Å². The zero-order valence-electron chi connectivity index (χ0n) is 17.9. The number of nitrogens with one attached hydrogen (secondary N) is 1. The smallest absolute Gasteiger partial charge is 0.292 e. The number of rotatable bonds is 6. The molecule has 2 aliphatic carbocycles. The zero-order chi connectivity index (χ0) is 20.9. The number of benzene rings is 2. The third-order valence-electron chi connectivity index (χ3n) is 7.95. The van der Waals surface area contributed by atoms with Gasteiger partial charge in [-0.15, -0.1) is 0 Å². The van der Waals surface area contributed by atoms with Crippen LogP contribution in [0.25, 0.3) is 0 Å². The summed E-state index contributed by atoms with van der Waals surface area (Å²) in [6.45, 7) is 7.71. The normalized spacial score (nSPS) is 28.1. The van der Waals surface area contributed by atoms with Crippen molar-refractivity contribution in [1.29, 1.82) is 0 Å². The lowest BCUT2D eigenvalue weighted by Crippen LogP contribution is -2.58. The first-order chi connectivity index (χ1) is 14.5. The van der Waals surface area contributed by atoms with Gasteiger partial charge in [0.2, 0.25) is 0 Å². The second-order valence-corrected chi connectivity index (χ2v) is 9.79. The summed E-state index contributed by atoms with van der Waals surface area (Å²) >= 11 is 0. The van der Waals surface area contributed by atoms with E-state index in [2.05, 4.69) is 30.1 Å².